The SMILES string of the molecule is CCCS(=O)(=O)N1CCC(c2nc(C)nc3cnc4[nH]ccc4c23)C1. The number of rotatable bonds is 4. The molecule has 0 saturated carbocycles. The largest absolute Gasteiger partial charge is 0.346 e. The van der Waals surface area contributed by atoms with Crippen molar-refractivity contribution in [2.24, 2.45) is 0 Å². The average molecular weight is 359 g/mol. The maximum atomic E-state index is 12.4. The highest BCUT2D eigenvalue weighted by Gasteiger charge is 2.33. The smallest absolute Gasteiger partial charge is 0.214 e. The molecule has 25 heavy (non-hydrogen) atoms. The molecule has 132 valence electrons. The summed E-state index contributed by atoms with van der Waals surface area (Å²) in [5, 5.41) is 1.97. The van der Waals surface area contributed by atoms with Crippen LogP contribution in [-0.4, -0.2) is 51.5 Å². The number of nitrogens with zero attached hydrogens (tertiary/aromatic N) is 4. The summed E-state index contributed by atoms with van der Waals surface area (Å²) in [4.78, 5) is 16.7. The highest BCUT2D eigenvalue weighted by atomic mass is 32.2. The molecule has 1 saturated heterocycles. The van der Waals surface area contributed by atoms with Crippen LogP contribution in [0.2, 0.25) is 0 Å². The van der Waals surface area contributed by atoms with E-state index in [1.165, 1.54) is 0 Å². The first-order valence-corrected chi connectivity index (χ1v) is 10.2. The number of fused-ring (bicyclic) bond motifs is 3. The van der Waals surface area contributed by atoms with Crippen LogP contribution in [0.1, 0.15) is 37.2 Å². The Bertz CT molecular complexity index is 1040. The van der Waals surface area contributed by atoms with E-state index in [1.807, 2.05) is 26.1 Å². The van der Waals surface area contributed by atoms with E-state index in [4.69, 9.17) is 4.98 Å². The van der Waals surface area contributed by atoms with Crippen molar-refractivity contribution in [3.63, 3.8) is 0 Å². The lowest BCUT2D eigenvalue weighted by Crippen LogP contribution is -2.30. The van der Waals surface area contributed by atoms with Crippen molar-refractivity contribution in [3.8, 4) is 0 Å². The molecule has 3 aromatic heterocycles. The zero-order chi connectivity index (χ0) is 17.6. The molecule has 0 amide bonds. The fourth-order valence-corrected chi connectivity index (χ4v) is 5.23. The summed E-state index contributed by atoms with van der Waals surface area (Å²) in [6.45, 7) is 4.80. The van der Waals surface area contributed by atoms with Gasteiger partial charge in [-0.05, 0) is 25.8 Å². The van der Waals surface area contributed by atoms with Gasteiger partial charge in [-0.2, -0.15) is 0 Å². The van der Waals surface area contributed by atoms with Gasteiger partial charge in [-0.15, -0.1) is 0 Å². The molecule has 0 bridgehead atoms. The molecule has 1 aliphatic rings. The Morgan fingerprint density at radius 3 is 3.00 bits per heavy atom. The molecule has 3 aromatic rings. The second-order valence-corrected chi connectivity index (χ2v) is 8.66. The van der Waals surface area contributed by atoms with Crippen LogP contribution >= 0.6 is 0 Å². The van der Waals surface area contributed by atoms with Crippen molar-refractivity contribution in [1.29, 1.82) is 0 Å². The Labute approximate surface area is 146 Å². The molecule has 1 unspecified atom stereocenters. The van der Waals surface area contributed by atoms with Crippen molar-refractivity contribution in [1.82, 2.24) is 24.2 Å². The predicted molar refractivity (Wildman–Crippen MR) is 96.9 cm³/mol. The molecule has 4 rings (SSSR count). The molecule has 7 nitrogen and oxygen atoms in total. The number of aromatic amines is 1. The van der Waals surface area contributed by atoms with Crippen LogP contribution in [0.4, 0.5) is 0 Å². The number of hydrogen-bond donors (Lipinski definition) is 1. The third kappa shape index (κ3) is 2.79. The molecule has 1 fully saturated rings. The number of aryl methyl sites for hydroxylation is 1. The lowest BCUT2D eigenvalue weighted by molar-refractivity contribution is 0.471. The van der Waals surface area contributed by atoms with E-state index >= 15 is 0 Å². The van der Waals surface area contributed by atoms with Gasteiger partial charge >= 0.3 is 0 Å². The molecule has 0 radical (unpaired) electrons. The minimum atomic E-state index is -3.17. The van der Waals surface area contributed by atoms with Crippen molar-refractivity contribution < 1.29 is 8.42 Å². The van der Waals surface area contributed by atoms with Gasteiger partial charge in [0.05, 0.1) is 23.2 Å². The minimum absolute atomic E-state index is 0.0799. The lowest BCUT2D eigenvalue weighted by atomic mass is 9.99. The number of pyridine rings is 1. The van der Waals surface area contributed by atoms with Crippen LogP contribution in [0.3, 0.4) is 0 Å². The maximum absolute atomic E-state index is 12.4. The van der Waals surface area contributed by atoms with Gasteiger partial charge in [0.25, 0.3) is 0 Å². The van der Waals surface area contributed by atoms with E-state index in [0.717, 1.165) is 34.1 Å². The van der Waals surface area contributed by atoms with E-state index < -0.39 is 10.0 Å². The summed E-state index contributed by atoms with van der Waals surface area (Å²) >= 11 is 0. The lowest BCUT2D eigenvalue weighted by Gasteiger charge is -2.17. The van der Waals surface area contributed by atoms with Crippen molar-refractivity contribution in [2.75, 3.05) is 18.8 Å². The molecule has 1 N–H and O–H groups in total. The number of aromatic nitrogens is 4. The average Bonchev–Trinajstić information content (AvgIpc) is 3.23. The van der Waals surface area contributed by atoms with E-state index in [2.05, 4.69) is 15.0 Å². The van der Waals surface area contributed by atoms with Gasteiger partial charge < -0.3 is 4.98 Å². The van der Waals surface area contributed by atoms with Crippen molar-refractivity contribution in [2.45, 2.75) is 32.6 Å². The Balaban J connectivity index is 1.81. The Hall–Kier alpha value is -2.06. The zero-order valence-electron chi connectivity index (χ0n) is 14.4. The molecule has 0 aliphatic carbocycles. The van der Waals surface area contributed by atoms with Crippen molar-refractivity contribution in [3.05, 3.63) is 30.0 Å². The van der Waals surface area contributed by atoms with E-state index in [-0.39, 0.29) is 11.7 Å². The highest BCUT2D eigenvalue weighted by Crippen LogP contribution is 2.34. The van der Waals surface area contributed by atoms with E-state index in [9.17, 15) is 8.42 Å². The Morgan fingerprint density at radius 2 is 2.20 bits per heavy atom. The number of sulfonamides is 1. The van der Waals surface area contributed by atoms with Gasteiger partial charge in [0.1, 0.15) is 11.5 Å². The maximum Gasteiger partial charge on any atom is 0.214 e. The standard InChI is InChI=1S/C17H21N5O2S/c1-3-8-25(23,24)22-7-5-12(10-22)16-15-13-4-6-18-17(13)19-9-14(15)20-11(2)21-16/h4,6,9,12H,3,5,7-8,10H2,1-2H3,(H,18,19). The molecule has 4 heterocycles. The highest BCUT2D eigenvalue weighted by molar-refractivity contribution is 7.89. The second-order valence-electron chi connectivity index (χ2n) is 6.57. The fourth-order valence-electron chi connectivity index (χ4n) is 3.67. The van der Waals surface area contributed by atoms with Crippen LogP contribution in [0.15, 0.2) is 18.5 Å². The number of hydrogen-bond acceptors (Lipinski definition) is 5. The summed E-state index contributed by atoms with van der Waals surface area (Å²) in [5.74, 6) is 0.972. The Morgan fingerprint density at radius 1 is 1.36 bits per heavy atom. The van der Waals surface area contributed by atoms with Crippen LogP contribution in [0.25, 0.3) is 21.9 Å². The van der Waals surface area contributed by atoms with Gasteiger partial charge in [0.15, 0.2) is 0 Å². The molecule has 8 heteroatoms. The summed E-state index contributed by atoms with van der Waals surface area (Å²) < 4.78 is 26.4. The minimum Gasteiger partial charge on any atom is -0.346 e. The fraction of sp³-hybridized carbons (Fsp3) is 0.471. The van der Waals surface area contributed by atoms with Crippen LogP contribution in [-0.2, 0) is 10.0 Å². The first-order valence-electron chi connectivity index (χ1n) is 8.57. The van der Waals surface area contributed by atoms with Gasteiger partial charge in [0, 0.05) is 36.0 Å². The van der Waals surface area contributed by atoms with Gasteiger partial charge in [-0.3, -0.25) is 0 Å². The quantitative estimate of drug-likeness (QED) is 0.772. The topological polar surface area (TPSA) is 91.8 Å². The van der Waals surface area contributed by atoms with Gasteiger partial charge in [-0.25, -0.2) is 27.7 Å². The van der Waals surface area contributed by atoms with E-state index in [1.54, 1.807) is 10.5 Å². The normalized spacial score (nSPS) is 19.2. The third-order valence-corrected chi connectivity index (χ3v) is 6.82. The summed E-state index contributed by atoms with van der Waals surface area (Å²) in [6, 6.07) is 1.98. The summed E-state index contributed by atoms with van der Waals surface area (Å²) in [6.07, 6.45) is 5.03. The van der Waals surface area contributed by atoms with Gasteiger partial charge in [0.2, 0.25) is 10.0 Å². The van der Waals surface area contributed by atoms with E-state index in [0.29, 0.717) is 25.3 Å². The van der Waals surface area contributed by atoms with Gasteiger partial charge in [-0.1, -0.05) is 6.92 Å². The predicted octanol–water partition coefficient (Wildman–Crippen LogP) is 2.34. The first kappa shape index (κ1) is 16.4. The van der Waals surface area contributed by atoms with Crippen molar-refractivity contribution >= 4 is 32.0 Å². The zero-order valence-corrected chi connectivity index (χ0v) is 15.2. The molecular weight excluding hydrogens is 338 g/mol. The van der Waals surface area contributed by atoms with Crippen LogP contribution in [0, 0.1) is 6.92 Å². The second kappa shape index (κ2) is 6.03. The monoisotopic (exact) mass is 359 g/mol. The number of nitrogens with one attached hydrogen (secondary N) is 1. The van der Waals surface area contributed by atoms with Crippen LogP contribution in [0.5, 0.6) is 0 Å². The molecule has 1 aliphatic heterocycles. The third-order valence-electron chi connectivity index (χ3n) is 4.78. The molecular formula is C17H21N5O2S. The summed E-state index contributed by atoms with van der Waals surface area (Å²) in [7, 11) is -3.17. The molecule has 0 spiro atoms. The Kier molecular flexibility index (Phi) is 3.96. The number of H-pyrrole nitrogens is 1. The molecule has 0 aromatic carbocycles. The van der Waals surface area contributed by atoms with Crippen LogP contribution < -0.4 is 0 Å². The molecule has 1 atom stereocenters. The summed E-state index contributed by atoms with van der Waals surface area (Å²) in [5.41, 5.74) is 2.54. The first-order chi connectivity index (χ1) is 12.0.